The summed E-state index contributed by atoms with van der Waals surface area (Å²) in [5.41, 5.74) is 1.37. The SMILES string of the molecule is CCCn1nccc1C(CC1CC1)NCC. The van der Waals surface area contributed by atoms with Crippen molar-refractivity contribution in [2.45, 2.75) is 52.1 Å². The summed E-state index contributed by atoms with van der Waals surface area (Å²) in [6.45, 7) is 6.46. The number of hydrogen-bond donors (Lipinski definition) is 1. The summed E-state index contributed by atoms with van der Waals surface area (Å²) in [4.78, 5) is 0. The summed E-state index contributed by atoms with van der Waals surface area (Å²) in [6, 6.07) is 2.68. The summed E-state index contributed by atoms with van der Waals surface area (Å²) in [5.74, 6) is 0.953. The third-order valence-electron chi connectivity index (χ3n) is 3.26. The number of hydrogen-bond acceptors (Lipinski definition) is 2. The van der Waals surface area contributed by atoms with Crippen LogP contribution in [0, 0.1) is 5.92 Å². The van der Waals surface area contributed by atoms with Gasteiger partial charge in [0.1, 0.15) is 0 Å². The molecule has 0 aromatic carbocycles. The van der Waals surface area contributed by atoms with E-state index in [1.165, 1.54) is 25.0 Å². The fourth-order valence-corrected chi connectivity index (χ4v) is 2.28. The molecule has 0 aliphatic heterocycles. The zero-order chi connectivity index (χ0) is 11.4. The van der Waals surface area contributed by atoms with E-state index in [0.29, 0.717) is 6.04 Å². The van der Waals surface area contributed by atoms with E-state index in [2.05, 4.69) is 35.0 Å². The van der Waals surface area contributed by atoms with E-state index in [1.54, 1.807) is 0 Å². The van der Waals surface area contributed by atoms with E-state index in [-0.39, 0.29) is 0 Å². The second-order valence-corrected chi connectivity index (χ2v) is 4.77. The first-order chi connectivity index (χ1) is 7.85. The van der Waals surface area contributed by atoms with Crippen LogP contribution < -0.4 is 5.32 Å². The quantitative estimate of drug-likeness (QED) is 0.767. The van der Waals surface area contributed by atoms with Crippen LogP contribution in [0.15, 0.2) is 12.3 Å². The highest BCUT2D eigenvalue weighted by Crippen LogP contribution is 2.37. The molecule has 1 fully saturated rings. The van der Waals surface area contributed by atoms with Gasteiger partial charge in [-0.05, 0) is 31.4 Å². The molecule has 0 bridgehead atoms. The van der Waals surface area contributed by atoms with Crippen molar-refractivity contribution in [1.82, 2.24) is 15.1 Å². The Labute approximate surface area is 98.2 Å². The predicted molar refractivity (Wildman–Crippen MR) is 66.3 cm³/mol. The van der Waals surface area contributed by atoms with Gasteiger partial charge < -0.3 is 5.32 Å². The fourth-order valence-electron chi connectivity index (χ4n) is 2.28. The summed E-state index contributed by atoms with van der Waals surface area (Å²) in [6.07, 6.45) is 7.20. The zero-order valence-corrected chi connectivity index (χ0v) is 10.4. The topological polar surface area (TPSA) is 29.9 Å². The van der Waals surface area contributed by atoms with Crippen LogP contribution >= 0.6 is 0 Å². The summed E-state index contributed by atoms with van der Waals surface area (Å²) < 4.78 is 2.16. The predicted octanol–water partition coefficient (Wildman–Crippen LogP) is 2.74. The highest BCUT2D eigenvalue weighted by Gasteiger charge is 2.27. The standard InChI is InChI=1S/C13H23N3/c1-3-9-16-13(7-8-15-16)12(14-4-2)10-11-5-6-11/h7-8,11-12,14H,3-6,9-10H2,1-2H3. The van der Waals surface area contributed by atoms with Gasteiger partial charge in [-0.1, -0.05) is 26.7 Å². The Morgan fingerprint density at radius 2 is 2.31 bits per heavy atom. The lowest BCUT2D eigenvalue weighted by atomic mass is 10.1. The van der Waals surface area contributed by atoms with Crippen LogP contribution in [0.1, 0.15) is 51.3 Å². The maximum Gasteiger partial charge on any atom is 0.0553 e. The van der Waals surface area contributed by atoms with E-state index in [4.69, 9.17) is 0 Å². The minimum absolute atomic E-state index is 0.506. The number of aromatic nitrogens is 2. The maximum absolute atomic E-state index is 4.41. The molecule has 2 rings (SSSR count). The first kappa shape index (κ1) is 11.6. The Kier molecular flexibility index (Phi) is 3.99. The minimum atomic E-state index is 0.506. The summed E-state index contributed by atoms with van der Waals surface area (Å²) >= 11 is 0. The van der Waals surface area contributed by atoms with Gasteiger partial charge in [0.05, 0.1) is 5.69 Å². The Balaban J connectivity index is 2.05. The lowest BCUT2D eigenvalue weighted by Gasteiger charge is -2.19. The van der Waals surface area contributed by atoms with Gasteiger partial charge in [0.15, 0.2) is 0 Å². The normalized spacial score (nSPS) is 17.6. The van der Waals surface area contributed by atoms with Crippen LogP contribution in [0.4, 0.5) is 0 Å². The van der Waals surface area contributed by atoms with Crippen LogP contribution in [-0.2, 0) is 6.54 Å². The van der Waals surface area contributed by atoms with Gasteiger partial charge in [0, 0.05) is 18.8 Å². The second-order valence-electron chi connectivity index (χ2n) is 4.77. The van der Waals surface area contributed by atoms with Crippen molar-refractivity contribution < 1.29 is 0 Å². The molecule has 16 heavy (non-hydrogen) atoms. The van der Waals surface area contributed by atoms with Gasteiger partial charge in [0.2, 0.25) is 0 Å². The van der Waals surface area contributed by atoms with Crippen LogP contribution in [0.25, 0.3) is 0 Å². The van der Waals surface area contributed by atoms with Crippen molar-refractivity contribution in [2.75, 3.05) is 6.54 Å². The number of aryl methyl sites for hydroxylation is 1. The number of nitrogens with one attached hydrogen (secondary N) is 1. The Morgan fingerprint density at radius 1 is 1.50 bits per heavy atom. The van der Waals surface area contributed by atoms with Crippen molar-refractivity contribution in [3.05, 3.63) is 18.0 Å². The molecule has 1 aliphatic rings. The lowest BCUT2D eigenvalue weighted by molar-refractivity contribution is 0.440. The monoisotopic (exact) mass is 221 g/mol. The molecule has 1 N–H and O–H groups in total. The third kappa shape index (κ3) is 2.85. The Morgan fingerprint density at radius 3 is 2.94 bits per heavy atom. The molecule has 1 heterocycles. The van der Waals surface area contributed by atoms with Gasteiger partial charge in [-0.2, -0.15) is 5.10 Å². The van der Waals surface area contributed by atoms with Gasteiger partial charge in [-0.25, -0.2) is 0 Å². The third-order valence-corrected chi connectivity index (χ3v) is 3.26. The van der Waals surface area contributed by atoms with Gasteiger partial charge in [0.25, 0.3) is 0 Å². The van der Waals surface area contributed by atoms with Crippen LogP contribution in [0.2, 0.25) is 0 Å². The largest absolute Gasteiger partial charge is 0.309 e. The molecular formula is C13H23N3. The molecule has 3 nitrogen and oxygen atoms in total. The average molecular weight is 221 g/mol. The van der Waals surface area contributed by atoms with E-state index in [1.807, 2.05) is 6.20 Å². The highest BCUT2D eigenvalue weighted by atomic mass is 15.3. The van der Waals surface area contributed by atoms with E-state index in [0.717, 1.165) is 25.4 Å². The van der Waals surface area contributed by atoms with E-state index < -0.39 is 0 Å². The molecule has 1 saturated carbocycles. The number of rotatable bonds is 7. The molecule has 90 valence electrons. The van der Waals surface area contributed by atoms with Crippen LogP contribution in [0.3, 0.4) is 0 Å². The highest BCUT2D eigenvalue weighted by molar-refractivity contribution is 5.08. The molecule has 1 aromatic rings. The molecule has 3 heteroatoms. The van der Waals surface area contributed by atoms with Crippen molar-refractivity contribution in [3.63, 3.8) is 0 Å². The molecular weight excluding hydrogens is 198 g/mol. The van der Waals surface area contributed by atoms with Crippen molar-refractivity contribution >= 4 is 0 Å². The molecule has 1 aliphatic carbocycles. The van der Waals surface area contributed by atoms with Gasteiger partial charge in [-0.3, -0.25) is 4.68 Å². The maximum atomic E-state index is 4.41. The van der Waals surface area contributed by atoms with Crippen LogP contribution in [-0.4, -0.2) is 16.3 Å². The van der Waals surface area contributed by atoms with Gasteiger partial charge in [-0.15, -0.1) is 0 Å². The Hall–Kier alpha value is -0.830. The van der Waals surface area contributed by atoms with Gasteiger partial charge >= 0.3 is 0 Å². The fraction of sp³-hybridized carbons (Fsp3) is 0.769. The van der Waals surface area contributed by atoms with E-state index >= 15 is 0 Å². The van der Waals surface area contributed by atoms with Crippen molar-refractivity contribution in [1.29, 1.82) is 0 Å². The first-order valence-electron chi connectivity index (χ1n) is 6.60. The first-order valence-corrected chi connectivity index (χ1v) is 6.60. The molecule has 0 spiro atoms. The Bertz CT molecular complexity index is 315. The second kappa shape index (κ2) is 5.48. The number of nitrogens with zero attached hydrogens (tertiary/aromatic N) is 2. The summed E-state index contributed by atoms with van der Waals surface area (Å²) in [5, 5.41) is 8.01. The summed E-state index contributed by atoms with van der Waals surface area (Å²) in [7, 11) is 0. The molecule has 0 amide bonds. The minimum Gasteiger partial charge on any atom is -0.309 e. The molecule has 0 radical (unpaired) electrons. The zero-order valence-electron chi connectivity index (χ0n) is 10.4. The average Bonchev–Trinajstić information content (AvgIpc) is 2.97. The lowest BCUT2D eigenvalue weighted by Crippen LogP contribution is -2.24. The van der Waals surface area contributed by atoms with Crippen LogP contribution in [0.5, 0.6) is 0 Å². The smallest absolute Gasteiger partial charge is 0.0553 e. The molecule has 0 saturated heterocycles. The van der Waals surface area contributed by atoms with E-state index in [9.17, 15) is 0 Å². The molecule has 1 atom stereocenters. The molecule has 1 unspecified atom stereocenters. The van der Waals surface area contributed by atoms with Crippen molar-refractivity contribution in [3.8, 4) is 0 Å². The molecule has 1 aromatic heterocycles. The van der Waals surface area contributed by atoms with Crippen molar-refractivity contribution in [2.24, 2.45) is 5.92 Å².